The van der Waals surface area contributed by atoms with Crippen LogP contribution in [-0.4, -0.2) is 10.9 Å². The zero-order valence-corrected chi connectivity index (χ0v) is 15.5. The van der Waals surface area contributed by atoms with E-state index in [0.29, 0.717) is 34.2 Å². The molecule has 27 heavy (non-hydrogen) atoms. The van der Waals surface area contributed by atoms with Gasteiger partial charge in [0.25, 0.3) is 5.91 Å². The van der Waals surface area contributed by atoms with E-state index in [9.17, 15) is 4.79 Å². The number of amides is 1. The van der Waals surface area contributed by atoms with Gasteiger partial charge in [-0.15, -0.1) is 0 Å². The highest BCUT2D eigenvalue weighted by Gasteiger charge is 2.12. The fourth-order valence-corrected chi connectivity index (χ4v) is 3.01. The topological polar surface area (TPSA) is 55.1 Å². The quantitative estimate of drug-likeness (QED) is 0.502. The molecule has 0 radical (unpaired) electrons. The summed E-state index contributed by atoms with van der Waals surface area (Å²) >= 11 is 6.12. The normalized spacial score (nSPS) is 10.9. The summed E-state index contributed by atoms with van der Waals surface area (Å²) in [6, 6.07) is 20.7. The minimum absolute atomic E-state index is 0.224. The second kappa shape index (κ2) is 7.25. The Morgan fingerprint density at radius 3 is 2.67 bits per heavy atom. The van der Waals surface area contributed by atoms with Crippen LogP contribution in [0.2, 0.25) is 5.02 Å². The van der Waals surface area contributed by atoms with Crippen molar-refractivity contribution in [2.45, 2.75) is 13.3 Å². The van der Waals surface area contributed by atoms with E-state index in [2.05, 4.69) is 10.3 Å². The molecule has 0 fully saturated rings. The molecular formula is C22H17ClN2O2. The third-order valence-electron chi connectivity index (χ3n) is 4.32. The molecule has 4 rings (SSSR count). The molecule has 134 valence electrons. The van der Waals surface area contributed by atoms with Gasteiger partial charge in [0.2, 0.25) is 0 Å². The first-order chi connectivity index (χ1) is 13.1. The molecule has 0 spiro atoms. The monoisotopic (exact) mass is 376 g/mol. The van der Waals surface area contributed by atoms with E-state index in [1.807, 2.05) is 49.4 Å². The number of carbonyl (C=O) groups excluding carboxylic acids is 1. The SMILES string of the molecule is Cc1ccc(NC(=O)c2ccc3nc(Cc4ccccc4)oc3c2)cc1Cl. The standard InChI is InChI=1S/C22H17ClN2O2/c1-14-7-9-17(13-18(14)23)24-22(26)16-8-10-19-20(12-16)27-21(25-19)11-15-5-3-2-4-6-15/h2-10,12-13H,11H2,1H3,(H,24,26). The smallest absolute Gasteiger partial charge is 0.255 e. The predicted octanol–water partition coefficient (Wildman–Crippen LogP) is 5.63. The Kier molecular flexibility index (Phi) is 4.65. The highest BCUT2D eigenvalue weighted by molar-refractivity contribution is 6.31. The molecule has 1 heterocycles. The van der Waals surface area contributed by atoms with E-state index in [4.69, 9.17) is 16.0 Å². The molecule has 5 heteroatoms. The molecule has 3 aromatic carbocycles. The summed E-state index contributed by atoms with van der Waals surface area (Å²) in [7, 11) is 0. The van der Waals surface area contributed by atoms with E-state index in [-0.39, 0.29) is 5.91 Å². The van der Waals surface area contributed by atoms with Crippen LogP contribution in [-0.2, 0) is 6.42 Å². The van der Waals surface area contributed by atoms with Crippen molar-refractivity contribution < 1.29 is 9.21 Å². The number of anilines is 1. The van der Waals surface area contributed by atoms with Crippen LogP contribution in [0, 0.1) is 6.92 Å². The molecule has 0 atom stereocenters. The zero-order valence-electron chi connectivity index (χ0n) is 14.7. The van der Waals surface area contributed by atoms with Crippen LogP contribution in [0.3, 0.4) is 0 Å². The van der Waals surface area contributed by atoms with Crippen LogP contribution in [0.5, 0.6) is 0 Å². The Labute approximate surface area is 161 Å². The summed E-state index contributed by atoms with van der Waals surface area (Å²) in [4.78, 5) is 17.0. The van der Waals surface area contributed by atoms with Gasteiger partial charge in [0, 0.05) is 22.7 Å². The van der Waals surface area contributed by atoms with Crippen LogP contribution >= 0.6 is 11.6 Å². The molecule has 0 aliphatic heterocycles. The van der Waals surface area contributed by atoms with Gasteiger partial charge in [-0.1, -0.05) is 48.0 Å². The Morgan fingerprint density at radius 2 is 1.89 bits per heavy atom. The highest BCUT2D eigenvalue weighted by Crippen LogP contribution is 2.22. The molecule has 0 aliphatic rings. The number of rotatable bonds is 4. The Morgan fingerprint density at radius 1 is 1.07 bits per heavy atom. The molecule has 0 aliphatic carbocycles. The second-order valence-corrected chi connectivity index (χ2v) is 6.78. The lowest BCUT2D eigenvalue weighted by atomic mass is 10.1. The minimum Gasteiger partial charge on any atom is -0.440 e. The van der Waals surface area contributed by atoms with Crippen molar-refractivity contribution in [3.05, 3.63) is 94.3 Å². The lowest BCUT2D eigenvalue weighted by molar-refractivity contribution is 0.102. The van der Waals surface area contributed by atoms with Crippen molar-refractivity contribution in [3.63, 3.8) is 0 Å². The van der Waals surface area contributed by atoms with E-state index in [1.165, 1.54) is 0 Å². The largest absolute Gasteiger partial charge is 0.440 e. The second-order valence-electron chi connectivity index (χ2n) is 6.37. The lowest BCUT2D eigenvalue weighted by Crippen LogP contribution is -2.11. The van der Waals surface area contributed by atoms with Gasteiger partial charge in [0.15, 0.2) is 11.5 Å². The fourth-order valence-electron chi connectivity index (χ4n) is 2.83. The first-order valence-corrected chi connectivity index (χ1v) is 8.97. The molecule has 0 unspecified atom stereocenters. The third-order valence-corrected chi connectivity index (χ3v) is 4.73. The van der Waals surface area contributed by atoms with Crippen molar-refractivity contribution in [1.29, 1.82) is 0 Å². The summed E-state index contributed by atoms with van der Waals surface area (Å²) in [5, 5.41) is 3.47. The molecular weight excluding hydrogens is 360 g/mol. The Hall–Kier alpha value is -3.11. The molecule has 1 N–H and O–H groups in total. The molecule has 0 saturated heterocycles. The molecule has 0 saturated carbocycles. The summed E-state index contributed by atoms with van der Waals surface area (Å²) < 4.78 is 5.84. The summed E-state index contributed by atoms with van der Waals surface area (Å²) in [5.74, 6) is 0.400. The van der Waals surface area contributed by atoms with Gasteiger partial charge < -0.3 is 9.73 Å². The summed E-state index contributed by atoms with van der Waals surface area (Å²) in [5.41, 5.74) is 4.56. The van der Waals surface area contributed by atoms with Crippen LogP contribution in [0.1, 0.15) is 27.4 Å². The van der Waals surface area contributed by atoms with Crippen molar-refractivity contribution >= 4 is 34.3 Å². The maximum atomic E-state index is 12.5. The van der Waals surface area contributed by atoms with Crippen LogP contribution in [0.15, 0.2) is 71.1 Å². The Bertz CT molecular complexity index is 1120. The minimum atomic E-state index is -0.224. The molecule has 1 amide bonds. The maximum absolute atomic E-state index is 12.5. The summed E-state index contributed by atoms with van der Waals surface area (Å²) in [6.07, 6.45) is 0.610. The van der Waals surface area contributed by atoms with E-state index in [1.54, 1.807) is 24.3 Å². The van der Waals surface area contributed by atoms with Gasteiger partial charge in [0.05, 0.1) is 0 Å². The molecule has 1 aromatic heterocycles. The average molecular weight is 377 g/mol. The fraction of sp³-hybridized carbons (Fsp3) is 0.0909. The van der Waals surface area contributed by atoms with E-state index >= 15 is 0 Å². The van der Waals surface area contributed by atoms with Gasteiger partial charge >= 0.3 is 0 Å². The Balaban J connectivity index is 1.55. The average Bonchev–Trinajstić information content (AvgIpc) is 3.07. The molecule has 0 bridgehead atoms. The number of oxazole rings is 1. The van der Waals surface area contributed by atoms with Crippen LogP contribution in [0.25, 0.3) is 11.1 Å². The number of hydrogen-bond donors (Lipinski definition) is 1. The molecule has 4 nitrogen and oxygen atoms in total. The summed E-state index contributed by atoms with van der Waals surface area (Å²) in [6.45, 7) is 1.92. The molecule has 4 aromatic rings. The van der Waals surface area contributed by atoms with Crippen molar-refractivity contribution in [3.8, 4) is 0 Å². The number of fused-ring (bicyclic) bond motifs is 1. The van der Waals surface area contributed by atoms with Gasteiger partial charge in [0.1, 0.15) is 5.52 Å². The van der Waals surface area contributed by atoms with Gasteiger partial charge in [-0.2, -0.15) is 0 Å². The number of carbonyl (C=O) groups is 1. The van der Waals surface area contributed by atoms with Crippen LogP contribution < -0.4 is 5.32 Å². The number of benzene rings is 3. The number of aromatic nitrogens is 1. The van der Waals surface area contributed by atoms with Gasteiger partial charge in [-0.05, 0) is 48.4 Å². The predicted molar refractivity (Wildman–Crippen MR) is 107 cm³/mol. The number of aryl methyl sites for hydroxylation is 1. The first-order valence-electron chi connectivity index (χ1n) is 8.59. The van der Waals surface area contributed by atoms with Crippen molar-refractivity contribution in [2.24, 2.45) is 0 Å². The van der Waals surface area contributed by atoms with Crippen molar-refractivity contribution in [1.82, 2.24) is 4.98 Å². The van der Waals surface area contributed by atoms with E-state index in [0.717, 1.165) is 16.6 Å². The first kappa shape index (κ1) is 17.3. The van der Waals surface area contributed by atoms with Crippen molar-refractivity contribution in [2.75, 3.05) is 5.32 Å². The maximum Gasteiger partial charge on any atom is 0.255 e. The number of halogens is 1. The third kappa shape index (κ3) is 3.86. The highest BCUT2D eigenvalue weighted by atomic mass is 35.5. The number of nitrogens with one attached hydrogen (secondary N) is 1. The lowest BCUT2D eigenvalue weighted by Gasteiger charge is -2.06. The zero-order chi connectivity index (χ0) is 18.8. The van der Waals surface area contributed by atoms with Gasteiger partial charge in [-0.3, -0.25) is 4.79 Å². The van der Waals surface area contributed by atoms with Gasteiger partial charge in [-0.25, -0.2) is 4.98 Å². The van der Waals surface area contributed by atoms with E-state index < -0.39 is 0 Å². The van der Waals surface area contributed by atoms with Crippen LogP contribution in [0.4, 0.5) is 5.69 Å². The number of nitrogens with zero attached hydrogens (tertiary/aromatic N) is 1. The number of hydrogen-bond acceptors (Lipinski definition) is 3.